The molecule has 17 heavy (non-hydrogen) atoms. The average Bonchev–Trinajstić information content (AvgIpc) is 2.39. The molecule has 0 bridgehead atoms. The molecule has 1 atom stereocenters. The molecule has 94 valence electrons. The minimum Gasteiger partial charge on any atom is -0.471 e. The van der Waals surface area contributed by atoms with Gasteiger partial charge in [-0.1, -0.05) is 0 Å². The first kappa shape index (κ1) is 12.1. The van der Waals surface area contributed by atoms with Crippen LogP contribution in [0.3, 0.4) is 0 Å². The number of nitrogens with zero attached hydrogens (tertiary/aromatic N) is 2. The van der Waals surface area contributed by atoms with E-state index in [1.807, 2.05) is 6.92 Å². The molecule has 1 N–H and O–H groups in total. The molecule has 1 unspecified atom stereocenters. The van der Waals surface area contributed by atoms with E-state index < -0.39 is 0 Å². The van der Waals surface area contributed by atoms with Crippen molar-refractivity contribution in [3.05, 3.63) is 22.7 Å². The van der Waals surface area contributed by atoms with Crippen LogP contribution >= 0.6 is 0 Å². The van der Waals surface area contributed by atoms with Gasteiger partial charge in [-0.05, 0) is 6.92 Å². The molecule has 1 saturated heterocycles. The van der Waals surface area contributed by atoms with E-state index in [0.29, 0.717) is 19.8 Å². The smallest absolute Gasteiger partial charge is 0.313 e. The molecule has 0 aliphatic carbocycles. The van der Waals surface area contributed by atoms with Gasteiger partial charge in [-0.15, -0.1) is 0 Å². The van der Waals surface area contributed by atoms with Gasteiger partial charge < -0.3 is 19.4 Å². The molecule has 0 aromatic carbocycles. The molecule has 0 amide bonds. The van der Waals surface area contributed by atoms with Crippen LogP contribution < -0.4 is 15.6 Å². The topological polar surface area (TPSA) is 65.4 Å². The van der Waals surface area contributed by atoms with E-state index in [1.54, 1.807) is 17.0 Å². The lowest BCUT2D eigenvalue weighted by molar-refractivity contribution is -0.00119. The van der Waals surface area contributed by atoms with Crippen molar-refractivity contribution in [2.75, 3.05) is 26.3 Å². The third-order valence-electron chi connectivity index (χ3n) is 2.63. The summed E-state index contributed by atoms with van der Waals surface area (Å²) >= 11 is 0. The Kier molecular flexibility index (Phi) is 4.11. The van der Waals surface area contributed by atoms with Crippen LogP contribution in [0.5, 0.6) is 5.88 Å². The van der Waals surface area contributed by atoms with E-state index >= 15 is 0 Å². The van der Waals surface area contributed by atoms with Gasteiger partial charge in [0.1, 0.15) is 12.7 Å². The van der Waals surface area contributed by atoms with E-state index in [1.165, 1.54) is 0 Å². The van der Waals surface area contributed by atoms with Crippen molar-refractivity contribution in [1.82, 2.24) is 14.9 Å². The van der Waals surface area contributed by atoms with Crippen LogP contribution in [0.1, 0.15) is 6.92 Å². The summed E-state index contributed by atoms with van der Waals surface area (Å²) in [5, 5.41) is 3.20. The molecular formula is C11H17N3O3. The quantitative estimate of drug-likeness (QED) is 0.776. The molecule has 1 aliphatic heterocycles. The molecule has 1 fully saturated rings. The van der Waals surface area contributed by atoms with Crippen molar-refractivity contribution in [2.24, 2.45) is 0 Å². The largest absolute Gasteiger partial charge is 0.471 e. The predicted molar refractivity (Wildman–Crippen MR) is 62.3 cm³/mol. The van der Waals surface area contributed by atoms with Crippen molar-refractivity contribution >= 4 is 0 Å². The maximum Gasteiger partial charge on any atom is 0.313 e. The van der Waals surface area contributed by atoms with Crippen molar-refractivity contribution in [3.63, 3.8) is 0 Å². The molecule has 0 saturated carbocycles. The average molecular weight is 239 g/mol. The number of aromatic nitrogens is 2. The Balaban J connectivity index is 1.96. The molecule has 2 rings (SSSR count). The lowest BCUT2D eigenvalue weighted by Crippen LogP contribution is -2.42. The maximum absolute atomic E-state index is 11.8. The van der Waals surface area contributed by atoms with Crippen LogP contribution in [0.2, 0.25) is 0 Å². The third kappa shape index (κ3) is 3.04. The number of aryl methyl sites for hydroxylation is 1. The third-order valence-corrected chi connectivity index (χ3v) is 2.63. The zero-order valence-electron chi connectivity index (χ0n) is 9.89. The van der Waals surface area contributed by atoms with Crippen LogP contribution in [0.4, 0.5) is 0 Å². The summed E-state index contributed by atoms with van der Waals surface area (Å²) in [4.78, 5) is 15.7. The molecule has 6 heteroatoms. The summed E-state index contributed by atoms with van der Waals surface area (Å²) in [5.74, 6) is 0.142. The monoisotopic (exact) mass is 239 g/mol. The van der Waals surface area contributed by atoms with Crippen molar-refractivity contribution < 1.29 is 9.47 Å². The van der Waals surface area contributed by atoms with Crippen molar-refractivity contribution in [2.45, 2.75) is 19.6 Å². The Morgan fingerprint density at radius 1 is 1.71 bits per heavy atom. The number of ether oxygens (including phenoxy) is 2. The molecular weight excluding hydrogens is 222 g/mol. The number of hydrogen-bond acceptors (Lipinski definition) is 5. The lowest BCUT2D eigenvalue weighted by atomic mass is 10.3. The number of hydrogen-bond donors (Lipinski definition) is 1. The van der Waals surface area contributed by atoms with E-state index in [2.05, 4.69) is 10.3 Å². The second kappa shape index (κ2) is 5.79. The number of rotatable bonds is 4. The van der Waals surface area contributed by atoms with E-state index in [0.717, 1.165) is 13.1 Å². The number of nitrogens with one attached hydrogen (secondary N) is 1. The zero-order chi connectivity index (χ0) is 12.1. The Morgan fingerprint density at radius 2 is 2.59 bits per heavy atom. The van der Waals surface area contributed by atoms with Gasteiger partial charge in [0.25, 0.3) is 5.88 Å². The second-order valence-corrected chi connectivity index (χ2v) is 3.83. The Morgan fingerprint density at radius 3 is 3.29 bits per heavy atom. The standard InChI is InChI=1S/C11H17N3O3/c1-2-14-5-3-13-10(11(14)15)17-8-9-7-12-4-6-16-9/h3,5,9,12H,2,4,6-8H2,1H3. The minimum atomic E-state index is -0.196. The summed E-state index contributed by atoms with van der Waals surface area (Å²) in [6, 6.07) is 0. The van der Waals surface area contributed by atoms with Gasteiger partial charge in [-0.2, -0.15) is 0 Å². The Bertz CT molecular complexity index is 413. The fourth-order valence-corrected chi connectivity index (χ4v) is 1.67. The van der Waals surface area contributed by atoms with Gasteiger partial charge >= 0.3 is 5.56 Å². The zero-order valence-corrected chi connectivity index (χ0v) is 9.89. The van der Waals surface area contributed by atoms with Gasteiger partial charge in [-0.25, -0.2) is 4.98 Å². The highest BCUT2D eigenvalue weighted by Crippen LogP contribution is 2.01. The van der Waals surface area contributed by atoms with Crippen LogP contribution in [-0.4, -0.2) is 42.0 Å². The fraction of sp³-hybridized carbons (Fsp3) is 0.636. The van der Waals surface area contributed by atoms with Gasteiger partial charge in [-0.3, -0.25) is 4.79 Å². The molecule has 1 aromatic rings. The lowest BCUT2D eigenvalue weighted by Gasteiger charge is -2.23. The number of morpholine rings is 1. The second-order valence-electron chi connectivity index (χ2n) is 3.83. The normalized spacial score (nSPS) is 20.2. The summed E-state index contributed by atoms with van der Waals surface area (Å²) < 4.78 is 12.4. The minimum absolute atomic E-state index is 0.0137. The highest BCUT2D eigenvalue weighted by atomic mass is 16.5. The van der Waals surface area contributed by atoms with E-state index in [4.69, 9.17) is 9.47 Å². The first-order chi connectivity index (χ1) is 8.31. The highest BCUT2D eigenvalue weighted by molar-refractivity contribution is 5.04. The fourth-order valence-electron chi connectivity index (χ4n) is 1.67. The molecule has 6 nitrogen and oxygen atoms in total. The first-order valence-electron chi connectivity index (χ1n) is 5.82. The summed E-state index contributed by atoms with van der Waals surface area (Å²) in [6.45, 7) is 5.15. The summed E-state index contributed by atoms with van der Waals surface area (Å²) in [7, 11) is 0. The molecule has 2 heterocycles. The Labute approximate surface area is 99.6 Å². The van der Waals surface area contributed by atoms with Gasteiger partial charge in [0, 0.05) is 32.0 Å². The van der Waals surface area contributed by atoms with Crippen molar-refractivity contribution in [1.29, 1.82) is 0 Å². The van der Waals surface area contributed by atoms with Gasteiger partial charge in [0.05, 0.1) is 6.61 Å². The van der Waals surface area contributed by atoms with Crippen molar-refractivity contribution in [3.8, 4) is 5.88 Å². The molecule has 0 spiro atoms. The Hall–Kier alpha value is -1.40. The van der Waals surface area contributed by atoms with Crippen LogP contribution in [0.15, 0.2) is 17.2 Å². The van der Waals surface area contributed by atoms with Crippen LogP contribution in [-0.2, 0) is 11.3 Å². The SMILES string of the molecule is CCn1ccnc(OCC2CNCCO2)c1=O. The summed E-state index contributed by atoms with van der Waals surface area (Å²) in [5.41, 5.74) is -0.196. The molecule has 1 aromatic heterocycles. The first-order valence-corrected chi connectivity index (χ1v) is 5.82. The van der Waals surface area contributed by atoms with Crippen LogP contribution in [0, 0.1) is 0 Å². The summed E-state index contributed by atoms with van der Waals surface area (Å²) in [6.07, 6.45) is 3.20. The van der Waals surface area contributed by atoms with Crippen LogP contribution in [0.25, 0.3) is 0 Å². The van der Waals surface area contributed by atoms with E-state index in [-0.39, 0.29) is 17.5 Å². The van der Waals surface area contributed by atoms with E-state index in [9.17, 15) is 4.79 Å². The maximum atomic E-state index is 11.8. The molecule has 1 aliphatic rings. The predicted octanol–water partition coefficient (Wildman–Crippen LogP) is -0.370. The van der Waals surface area contributed by atoms with Gasteiger partial charge in [0.2, 0.25) is 0 Å². The van der Waals surface area contributed by atoms with Gasteiger partial charge in [0.15, 0.2) is 0 Å². The highest BCUT2D eigenvalue weighted by Gasteiger charge is 2.15. The molecule has 0 radical (unpaired) electrons.